The zero-order valence-corrected chi connectivity index (χ0v) is 10.9. The van der Waals surface area contributed by atoms with E-state index in [0.29, 0.717) is 12.0 Å². The van der Waals surface area contributed by atoms with Gasteiger partial charge in [0.15, 0.2) is 5.82 Å². The van der Waals surface area contributed by atoms with Crippen molar-refractivity contribution in [1.29, 1.82) is 0 Å². The minimum Gasteiger partial charge on any atom is -0.354 e. The van der Waals surface area contributed by atoms with E-state index in [2.05, 4.69) is 21.8 Å². The number of hydrogen-bond donors (Lipinski definition) is 1. The fourth-order valence-electron chi connectivity index (χ4n) is 2.64. The van der Waals surface area contributed by atoms with Crippen LogP contribution in [0.4, 0.5) is 5.82 Å². The topological polar surface area (TPSA) is 60.0 Å². The highest BCUT2D eigenvalue weighted by molar-refractivity contribution is 5.86. The summed E-state index contributed by atoms with van der Waals surface area (Å²) < 4.78 is 2.03. The van der Waals surface area contributed by atoms with Crippen molar-refractivity contribution in [3.63, 3.8) is 0 Å². The smallest absolute Gasteiger partial charge is 0.156 e. The molecule has 1 aliphatic rings. The van der Waals surface area contributed by atoms with Crippen LogP contribution >= 0.6 is 0 Å². The number of nitrogens with zero attached hydrogens (tertiary/aromatic N) is 4. The lowest BCUT2D eigenvalue weighted by atomic mass is 9.95. The number of fused-ring (bicyclic) bond motifs is 1. The normalized spacial score (nSPS) is 24.7. The minimum atomic E-state index is 0.309. The van der Waals surface area contributed by atoms with Gasteiger partial charge in [-0.25, -0.2) is 9.97 Å². The number of piperidine rings is 1. The number of nitrogens with two attached hydrogens (primary N) is 1. The van der Waals surface area contributed by atoms with E-state index in [1.807, 2.05) is 30.2 Å². The molecule has 3 heterocycles. The number of pyridine rings is 1. The van der Waals surface area contributed by atoms with Crippen molar-refractivity contribution in [3.8, 4) is 0 Å². The molecule has 2 atom stereocenters. The summed E-state index contributed by atoms with van der Waals surface area (Å²) in [5.41, 5.74) is 8.18. The van der Waals surface area contributed by atoms with Crippen LogP contribution in [0, 0.1) is 5.92 Å². The molecule has 2 unspecified atom stereocenters. The van der Waals surface area contributed by atoms with Crippen molar-refractivity contribution in [2.45, 2.75) is 19.4 Å². The predicted octanol–water partition coefficient (Wildman–Crippen LogP) is 1.14. The monoisotopic (exact) mass is 245 g/mol. The van der Waals surface area contributed by atoms with E-state index >= 15 is 0 Å². The standard InChI is InChI=1S/C13H19N5/c1-9-7-18(6-4-10(9)14)13-12-11(3-5-15-13)17(2)8-16-12/h3,5,8-10H,4,6-7,14H2,1-2H3. The van der Waals surface area contributed by atoms with Gasteiger partial charge in [-0.1, -0.05) is 6.92 Å². The molecule has 3 rings (SSSR count). The predicted molar refractivity (Wildman–Crippen MR) is 72.5 cm³/mol. The maximum Gasteiger partial charge on any atom is 0.156 e. The van der Waals surface area contributed by atoms with Crippen LogP contribution < -0.4 is 10.6 Å². The van der Waals surface area contributed by atoms with E-state index < -0.39 is 0 Å². The first kappa shape index (κ1) is 11.5. The summed E-state index contributed by atoms with van der Waals surface area (Å²) in [7, 11) is 2.01. The third-order valence-corrected chi connectivity index (χ3v) is 3.89. The summed E-state index contributed by atoms with van der Waals surface area (Å²) in [5, 5.41) is 0. The largest absolute Gasteiger partial charge is 0.354 e. The van der Waals surface area contributed by atoms with E-state index in [1.54, 1.807) is 0 Å². The Morgan fingerprint density at radius 2 is 2.22 bits per heavy atom. The molecule has 18 heavy (non-hydrogen) atoms. The van der Waals surface area contributed by atoms with Crippen LogP contribution in [0.25, 0.3) is 11.0 Å². The first-order valence-corrected chi connectivity index (χ1v) is 6.43. The molecule has 0 amide bonds. The van der Waals surface area contributed by atoms with Crippen molar-refractivity contribution in [1.82, 2.24) is 14.5 Å². The fraction of sp³-hybridized carbons (Fsp3) is 0.538. The Kier molecular flexibility index (Phi) is 2.70. The molecular formula is C13H19N5. The zero-order chi connectivity index (χ0) is 12.7. The molecule has 0 aromatic carbocycles. The maximum atomic E-state index is 6.07. The molecule has 5 nitrogen and oxygen atoms in total. The van der Waals surface area contributed by atoms with E-state index in [9.17, 15) is 0 Å². The molecule has 0 radical (unpaired) electrons. The molecule has 0 spiro atoms. The lowest BCUT2D eigenvalue weighted by molar-refractivity contribution is 0.382. The second-order valence-corrected chi connectivity index (χ2v) is 5.23. The number of hydrogen-bond acceptors (Lipinski definition) is 4. The summed E-state index contributed by atoms with van der Waals surface area (Å²) in [5.74, 6) is 1.49. The number of anilines is 1. The van der Waals surface area contributed by atoms with Crippen LogP contribution in [-0.4, -0.2) is 33.7 Å². The molecule has 96 valence electrons. The van der Waals surface area contributed by atoms with Gasteiger partial charge in [-0.3, -0.25) is 0 Å². The molecule has 0 bridgehead atoms. The molecule has 2 aromatic rings. The van der Waals surface area contributed by atoms with Gasteiger partial charge in [0.05, 0.1) is 11.8 Å². The molecule has 1 saturated heterocycles. The molecule has 2 N–H and O–H groups in total. The molecule has 2 aromatic heterocycles. The summed E-state index contributed by atoms with van der Waals surface area (Å²) in [6.07, 6.45) is 4.72. The van der Waals surface area contributed by atoms with Gasteiger partial charge < -0.3 is 15.2 Å². The highest BCUT2D eigenvalue weighted by Crippen LogP contribution is 2.26. The number of aryl methyl sites for hydroxylation is 1. The summed E-state index contributed by atoms with van der Waals surface area (Å²) in [4.78, 5) is 11.3. The summed E-state index contributed by atoms with van der Waals surface area (Å²) >= 11 is 0. The zero-order valence-electron chi connectivity index (χ0n) is 10.9. The lowest BCUT2D eigenvalue weighted by Gasteiger charge is -2.35. The van der Waals surface area contributed by atoms with Gasteiger partial charge in [-0.2, -0.15) is 0 Å². The first-order chi connectivity index (χ1) is 8.66. The SMILES string of the molecule is CC1CN(c2nccc3c2ncn3C)CCC1N. The molecule has 0 saturated carbocycles. The van der Waals surface area contributed by atoms with Crippen LogP contribution in [-0.2, 0) is 7.05 Å². The van der Waals surface area contributed by atoms with Crippen molar-refractivity contribution in [3.05, 3.63) is 18.6 Å². The van der Waals surface area contributed by atoms with Gasteiger partial charge >= 0.3 is 0 Å². The van der Waals surface area contributed by atoms with Crippen LogP contribution in [0.3, 0.4) is 0 Å². The average Bonchev–Trinajstić information content (AvgIpc) is 2.75. The Balaban J connectivity index is 1.99. The number of rotatable bonds is 1. The van der Waals surface area contributed by atoms with Crippen LogP contribution in [0.1, 0.15) is 13.3 Å². The summed E-state index contributed by atoms with van der Waals surface area (Å²) in [6, 6.07) is 2.31. The van der Waals surface area contributed by atoms with Crippen molar-refractivity contribution < 1.29 is 0 Å². The first-order valence-electron chi connectivity index (χ1n) is 6.43. The van der Waals surface area contributed by atoms with Crippen molar-refractivity contribution in [2.24, 2.45) is 18.7 Å². The van der Waals surface area contributed by atoms with Gasteiger partial charge in [0, 0.05) is 32.4 Å². The van der Waals surface area contributed by atoms with Gasteiger partial charge in [-0.15, -0.1) is 0 Å². The van der Waals surface area contributed by atoms with Gasteiger partial charge in [0.2, 0.25) is 0 Å². The quantitative estimate of drug-likeness (QED) is 0.818. The highest BCUT2D eigenvalue weighted by atomic mass is 15.2. The van der Waals surface area contributed by atoms with E-state index in [0.717, 1.165) is 36.4 Å². The highest BCUT2D eigenvalue weighted by Gasteiger charge is 2.25. The van der Waals surface area contributed by atoms with Crippen LogP contribution in [0.5, 0.6) is 0 Å². The lowest BCUT2D eigenvalue weighted by Crippen LogP contribution is -2.46. The second kappa shape index (κ2) is 4.24. The summed E-state index contributed by atoms with van der Waals surface area (Å²) in [6.45, 7) is 4.13. The van der Waals surface area contributed by atoms with Gasteiger partial charge in [-0.05, 0) is 18.4 Å². The molecule has 5 heteroatoms. The van der Waals surface area contributed by atoms with Crippen LogP contribution in [0.15, 0.2) is 18.6 Å². The Hall–Kier alpha value is -1.62. The fourth-order valence-corrected chi connectivity index (χ4v) is 2.64. The molecule has 0 aliphatic carbocycles. The number of aromatic nitrogens is 3. The van der Waals surface area contributed by atoms with E-state index in [4.69, 9.17) is 5.73 Å². The average molecular weight is 245 g/mol. The maximum absolute atomic E-state index is 6.07. The van der Waals surface area contributed by atoms with Crippen molar-refractivity contribution in [2.75, 3.05) is 18.0 Å². The molecule has 1 aliphatic heterocycles. The van der Waals surface area contributed by atoms with Crippen molar-refractivity contribution >= 4 is 16.9 Å². The van der Waals surface area contributed by atoms with E-state index in [-0.39, 0.29) is 0 Å². The van der Waals surface area contributed by atoms with E-state index in [1.165, 1.54) is 0 Å². The molecule has 1 fully saturated rings. The Labute approximate surface area is 107 Å². The second-order valence-electron chi connectivity index (χ2n) is 5.23. The Morgan fingerprint density at radius 3 is 3.00 bits per heavy atom. The molecular weight excluding hydrogens is 226 g/mol. The van der Waals surface area contributed by atoms with Crippen LogP contribution in [0.2, 0.25) is 0 Å². The third kappa shape index (κ3) is 1.75. The Bertz CT molecular complexity index is 562. The Morgan fingerprint density at radius 1 is 1.39 bits per heavy atom. The number of imidazole rings is 1. The minimum absolute atomic E-state index is 0.309. The van der Waals surface area contributed by atoms with Gasteiger partial charge in [0.25, 0.3) is 0 Å². The third-order valence-electron chi connectivity index (χ3n) is 3.89. The van der Waals surface area contributed by atoms with Gasteiger partial charge in [0.1, 0.15) is 5.52 Å².